The van der Waals surface area contributed by atoms with E-state index in [4.69, 9.17) is 16.7 Å². The van der Waals surface area contributed by atoms with Crippen molar-refractivity contribution in [1.82, 2.24) is 0 Å². The summed E-state index contributed by atoms with van der Waals surface area (Å²) >= 11 is 5.81. The fourth-order valence-corrected chi connectivity index (χ4v) is 1.66. The van der Waals surface area contributed by atoms with E-state index in [-0.39, 0.29) is 22.8 Å². The Morgan fingerprint density at radius 3 is 2.53 bits per heavy atom. The standard InChI is InChI=1S/C12H13ClO6/c1-2-19-12(18)10(15)9(14)7-5-6(11(16)17)3-4-8(7)13/h3-5,9-10,14-15H,2H2,1H3,(H,16,17). The average Bonchev–Trinajstić information content (AvgIpc) is 2.37. The van der Waals surface area contributed by atoms with E-state index >= 15 is 0 Å². The van der Waals surface area contributed by atoms with Crippen LogP contribution in [0.4, 0.5) is 0 Å². The van der Waals surface area contributed by atoms with Gasteiger partial charge in [-0.3, -0.25) is 0 Å². The molecule has 6 nitrogen and oxygen atoms in total. The molecule has 104 valence electrons. The number of esters is 1. The highest BCUT2D eigenvalue weighted by atomic mass is 35.5. The van der Waals surface area contributed by atoms with Crippen LogP contribution in [0.2, 0.25) is 5.02 Å². The Labute approximate surface area is 114 Å². The van der Waals surface area contributed by atoms with Gasteiger partial charge >= 0.3 is 11.9 Å². The highest BCUT2D eigenvalue weighted by Crippen LogP contribution is 2.27. The molecule has 0 fully saturated rings. The largest absolute Gasteiger partial charge is 0.478 e. The highest BCUT2D eigenvalue weighted by Gasteiger charge is 2.29. The summed E-state index contributed by atoms with van der Waals surface area (Å²) < 4.78 is 4.56. The summed E-state index contributed by atoms with van der Waals surface area (Å²) in [4.78, 5) is 22.1. The Morgan fingerprint density at radius 1 is 1.37 bits per heavy atom. The summed E-state index contributed by atoms with van der Waals surface area (Å²) in [5, 5.41) is 28.3. The van der Waals surface area contributed by atoms with E-state index in [0.29, 0.717) is 0 Å². The molecule has 0 spiro atoms. The lowest BCUT2D eigenvalue weighted by atomic mass is 10.0. The SMILES string of the molecule is CCOC(=O)C(O)C(O)c1cc(C(=O)O)ccc1Cl. The molecule has 0 bridgehead atoms. The Hall–Kier alpha value is -1.63. The zero-order valence-electron chi connectivity index (χ0n) is 10.0. The predicted octanol–water partition coefficient (Wildman–Crippen LogP) is 0.996. The van der Waals surface area contributed by atoms with Crippen molar-refractivity contribution in [3.8, 4) is 0 Å². The molecule has 3 N–H and O–H groups in total. The monoisotopic (exact) mass is 288 g/mol. The molecule has 0 heterocycles. The third kappa shape index (κ3) is 3.66. The van der Waals surface area contributed by atoms with Crippen LogP contribution in [-0.2, 0) is 9.53 Å². The zero-order valence-corrected chi connectivity index (χ0v) is 10.8. The van der Waals surface area contributed by atoms with Gasteiger partial charge < -0.3 is 20.1 Å². The number of aliphatic hydroxyl groups excluding tert-OH is 2. The average molecular weight is 289 g/mol. The van der Waals surface area contributed by atoms with Crippen LogP contribution in [0.1, 0.15) is 28.9 Å². The van der Waals surface area contributed by atoms with Gasteiger partial charge in [0.05, 0.1) is 12.2 Å². The Bertz CT molecular complexity index is 487. The van der Waals surface area contributed by atoms with Crippen LogP contribution in [0.25, 0.3) is 0 Å². The van der Waals surface area contributed by atoms with Gasteiger partial charge in [0.2, 0.25) is 0 Å². The number of rotatable bonds is 5. The third-order valence-electron chi connectivity index (χ3n) is 2.39. The van der Waals surface area contributed by atoms with Gasteiger partial charge in [-0.25, -0.2) is 9.59 Å². The Kier molecular flexibility index (Phi) is 5.29. The van der Waals surface area contributed by atoms with Crippen molar-refractivity contribution in [3.05, 3.63) is 34.3 Å². The molecule has 1 aromatic rings. The molecule has 0 aliphatic heterocycles. The van der Waals surface area contributed by atoms with E-state index in [0.717, 1.165) is 6.07 Å². The van der Waals surface area contributed by atoms with E-state index in [1.165, 1.54) is 12.1 Å². The number of ether oxygens (including phenoxy) is 1. The van der Waals surface area contributed by atoms with Crippen LogP contribution in [0, 0.1) is 0 Å². The summed E-state index contributed by atoms with van der Waals surface area (Å²) in [5.41, 5.74) is -0.170. The van der Waals surface area contributed by atoms with Crippen LogP contribution in [-0.4, -0.2) is 40.0 Å². The number of halogens is 1. The second kappa shape index (κ2) is 6.51. The first-order valence-electron chi connectivity index (χ1n) is 5.44. The number of aliphatic hydroxyl groups is 2. The first kappa shape index (κ1) is 15.4. The van der Waals surface area contributed by atoms with Gasteiger partial charge in [0.25, 0.3) is 0 Å². The fraction of sp³-hybridized carbons (Fsp3) is 0.333. The van der Waals surface area contributed by atoms with Crippen molar-refractivity contribution in [1.29, 1.82) is 0 Å². The van der Waals surface area contributed by atoms with Gasteiger partial charge in [0, 0.05) is 10.6 Å². The van der Waals surface area contributed by atoms with Crippen LogP contribution in [0.5, 0.6) is 0 Å². The third-order valence-corrected chi connectivity index (χ3v) is 2.73. The summed E-state index contributed by atoms with van der Waals surface area (Å²) in [6, 6.07) is 3.61. The van der Waals surface area contributed by atoms with E-state index < -0.39 is 24.1 Å². The number of hydrogen-bond donors (Lipinski definition) is 3. The van der Waals surface area contributed by atoms with Crippen molar-refractivity contribution in [3.63, 3.8) is 0 Å². The summed E-state index contributed by atoms with van der Waals surface area (Å²) in [6.07, 6.45) is -3.49. The molecule has 19 heavy (non-hydrogen) atoms. The quantitative estimate of drug-likeness (QED) is 0.698. The number of hydrogen-bond acceptors (Lipinski definition) is 5. The van der Waals surface area contributed by atoms with Gasteiger partial charge in [0.1, 0.15) is 6.10 Å². The van der Waals surface area contributed by atoms with Crippen LogP contribution in [0.15, 0.2) is 18.2 Å². The van der Waals surface area contributed by atoms with E-state index in [1.54, 1.807) is 6.92 Å². The number of carboxylic acids is 1. The maximum Gasteiger partial charge on any atom is 0.338 e. The predicted molar refractivity (Wildman–Crippen MR) is 66.0 cm³/mol. The smallest absolute Gasteiger partial charge is 0.338 e. The van der Waals surface area contributed by atoms with Crippen molar-refractivity contribution in [2.75, 3.05) is 6.61 Å². The maximum absolute atomic E-state index is 11.3. The molecule has 0 aliphatic carbocycles. The van der Waals surface area contributed by atoms with Crippen molar-refractivity contribution in [2.24, 2.45) is 0 Å². The molecule has 1 aromatic carbocycles. The summed E-state index contributed by atoms with van der Waals surface area (Å²) in [5.74, 6) is -2.22. The molecule has 0 saturated carbocycles. The van der Waals surface area contributed by atoms with E-state index in [9.17, 15) is 19.8 Å². The number of benzene rings is 1. The summed E-state index contributed by atoms with van der Waals surface area (Å²) in [7, 11) is 0. The van der Waals surface area contributed by atoms with Crippen molar-refractivity contribution in [2.45, 2.75) is 19.1 Å². The molecule has 0 saturated heterocycles. The first-order chi connectivity index (χ1) is 8.88. The summed E-state index contributed by atoms with van der Waals surface area (Å²) in [6.45, 7) is 1.60. The number of carboxylic acid groups (broad SMARTS) is 1. The van der Waals surface area contributed by atoms with E-state index in [2.05, 4.69) is 4.74 Å². The molecule has 0 radical (unpaired) electrons. The van der Waals surface area contributed by atoms with Crippen LogP contribution in [0.3, 0.4) is 0 Å². The Morgan fingerprint density at radius 2 is 2.00 bits per heavy atom. The topological polar surface area (TPSA) is 104 Å². The first-order valence-corrected chi connectivity index (χ1v) is 5.81. The molecule has 0 aliphatic rings. The molecule has 7 heteroatoms. The lowest BCUT2D eigenvalue weighted by Crippen LogP contribution is -2.30. The van der Waals surface area contributed by atoms with Crippen LogP contribution >= 0.6 is 11.6 Å². The number of carbonyl (C=O) groups is 2. The van der Waals surface area contributed by atoms with Crippen molar-refractivity contribution < 1.29 is 29.6 Å². The van der Waals surface area contributed by atoms with Gasteiger partial charge in [0.15, 0.2) is 6.10 Å². The zero-order chi connectivity index (χ0) is 14.6. The van der Waals surface area contributed by atoms with Crippen LogP contribution < -0.4 is 0 Å². The molecule has 0 aromatic heterocycles. The number of carbonyl (C=O) groups excluding carboxylic acids is 1. The Balaban J connectivity index is 3.04. The van der Waals surface area contributed by atoms with Gasteiger partial charge in [-0.15, -0.1) is 0 Å². The number of aromatic carboxylic acids is 1. The van der Waals surface area contributed by atoms with E-state index in [1.807, 2.05) is 0 Å². The minimum absolute atomic E-state index is 0.0425. The fourth-order valence-electron chi connectivity index (χ4n) is 1.43. The lowest BCUT2D eigenvalue weighted by Gasteiger charge is -2.18. The normalized spacial score (nSPS) is 13.7. The molecule has 0 amide bonds. The second-order valence-electron chi connectivity index (χ2n) is 3.68. The minimum Gasteiger partial charge on any atom is -0.478 e. The van der Waals surface area contributed by atoms with Gasteiger partial charge in [-0.1, -0.05) is 11.6 Å². The van der Waals surface area contributed by atoms with Gasteiger partial charge in [-0.2, -0.15) is 0 Å². The molecular weight excluding hydrogens is 276 g/mol. The second-order valence-corrected chi connectivity index (χ2v) is 4.09. The molecule has 2 unspecified atom stereocenters. The van der Waals surface area contributed by atoms with Crippen molar-refractivity contribution >= 4 is 23.5 Å². The minimum atomic E-state index is -1.83. The maximum atomic E-state index is 11.3. The highest BCUT2D eigenvalue weighted by molar-refractivity contribution is 6.31. The molecular formula is C12H13ClO6. The lowest BCUT2D eigenvalue weighted by molar-refractivity contribution is -0.159. The molecule has 2 atom stereocenters. The van der Waals surface area contributed by atoms with Gasteiger partial charge in [-0.05, 0) is 25.1 Å². The molecule has 1 rings (SSSR count).